The van der Waals surface area contributed by atoms with Gasteiger partial charge in [0, 0.05) is 31.5 Å². The number of piperazine rings is 1. The smallest absolute Gasteiger partial charge is 0.312 e. The molecular formula is C15H25BrN2O2. The highest BCUT2D eigenvalue weighted by atomic mass is 79.9. The molecule has 0 spiro atoms. The van der Waals surface area contributed by atoms with Crippen LogP contribution in [0, 0.1) is 5.41 Å². The van der Waals surface area contributed by atoms with Gasteiger partial charge in [0.05, 0.1) is 0 Å². The Balaban J connectivity index is 2.04. The molecule has 2 fully saturated rings. The number of halogens is 1. The molecule has 1 aliphatic heterocycles. The van der Waals surface area contributed by atoms with E-state index in [0.29, 0.717) is 19.6 Å². The van der Waals surface area contributed by atoms with Crippen LogP contribution >= 0.6 is 15.9 Å². The Morgan fingerprint density at radius 1 is 1.00 bits per heavy atom. The zero-order valence-corrected chi connectivity index (χ0v) is 14.0. The standard InChI is InChI=1S/C15H25BrN2O2/c1-2-17-9-10-18(14(20)13(17)19)12-15(11-16)7-5-3-4-6-8-15/h2-12H2,1H3. The van der Waals surface area contributed by atoms with Gasteiger partial charge in [0.2, 0.25) is 0 Å². The third kappa shape index (κ3) is 3.35. The number of carbonyl (C=O) groups is 2. The molecule has 2 aliphatic rings. The minimum atomic E-state index is -0.322. The molecule has 0 bridgehead atoms. The van der Waals surface area contributed by atoms with E-state index < -0.39 is 0 Å². The Labute approximate surface area is 130 Å². The molecule has 1 heterocycles. The molecule has 0 unspecified atom stereocenters. The van der Waals surface area contributed by atoms with E-state index >= 15 is 0 Å². The summed E-state index contributed by atoms with van der Waals surface area (Å²) in [4.78, 5) is 27.7. The van der Waals surface area contributed by atoms with Gasteiger partial charge in [0.1, 0.15) is 0 Å². The summed E-state index contributed by atoms with van der Waals surface area (Å²) in [5.74, 6) is -0.625. The molecule has 0 aromatic rings. The van der Waals surface area contributed by atoms with Crippen molar-refractivity contribution in [2.45, 2.75) is 45.4 Å². The van der Waals surface area contributed by atoms with Gasteiger partial charge in [-0.15, -0.1) is 0 Å². The first-order valence-electron chi connectivity index (χ1n) is 7.76. The number of alkyl halides is 1. The fourth-order valence-corrected chi connectivity index (χ4v) is 4.12. The minimum absolute atomic E-state index is 0.167. The number of carbonyl (C=O) groups excluding carboxylic acids is 2. The summed E-state index contributed by atoms with van der Waals surface area (Å²) in [6.45, 7) is 4.65. The van der Waals surface area contributed by atoms with Gasteiger partial charge in [-0.2, -0.15) is 0 Å². The average molecular weight is 345 g/mol. The quantitative estimate of drug-likeness (QED) is 0.446. The maximum absolute atomic E-state index is 12.2. The zero-order valence-electron chi connectivity index (χ0n) is 12.4. The number of rotatable bonds is 4. The van der Waals surface area contributed by atoms with Crippen LogP contribution in [0.5, 0.6) is 0 Å². The van der Waals surface area contributed by atoms with Crippen molar-refractivity contribution in [3.63, 3.8) is 0 Å². The van der Waals surface area contributed by atoms with E-state index in [1.165, 1.54) is 25.7 Å². The Hall–Kier alpha value is -0.580. The monoisotopic (exact) mass is 344 g/mol. The van der Waals surface area contributed by atoms with Crippen LogP contribution in [0.25, 0.3) is 0 Å². The SMILES string of the molecule is CCN1CCN(CC2(CBr)CCCCCC2)C(=O)C1=O. The third-order valence-electron chi connectivity index (χ3n) is 4.75. The fraction of sp³-hybridized carbons (Fsp3) is 0.867. The highest BCUT2D eigenvalue weighted by Gasteiger charge is 2.38. The number of amides is 2. The van der Waals surface area contributed by atoms with Crippen molar-refractivity contribution in [3.05, 3.63) is 0 Å². The van der Waals surface area contributed by atoms with Gasteiger partial charge in [0.15, 0.2) is 0 Å². The van der Waals surface area contributed by atoms with Gasteiger partial charge in [-0.05, 0) is 25.2 Å². The molecule has 0 atom stereocenters. The molecule has 114 valence electrons. The van der Waals surface area contributed by atoms with Crippen molar-refractivity contribution in [1.29, 1.82) is 0 Å². The molecule has 20 heavy (non-hydrogen) atoms. The summed E-state index contributed by atoms with van der Waals surface area (Å²) < 4.78 is 0. The first kappa shape index (κ1) is 15.8. The third-order valence-corrected chi connectivity index (χ3v) is 5.94. The predicted molar refractivity (Wildman–Crippen MR) is 82.8 cm³/mol. The number of likely N-dealkylation sites (N-methyl/N-ethyl adjacent to an activating group) is 1. The summed E-state index contributed by atoms with van der Waals surface area (Å²) in [7, 11) is 0. The molecule has 0 N–H and O–H groups in total. The number of hydrogen-bond donors (Lipinski definition) is 0. The van der Waals surface area contributed by atoms with Crippen LogP contribution in [-0.4, -0.2) is 53.1 Å². The van der Waals surface area contributed by atoms with Crippen LogP contribution in [0.3, 0.4) is 0 Å². The second-order valence-corrected chi connectivity index (χ2v) is 6.72. The molecule has 0 aromatic heterocycles. The van der Waals surface area contributed by atoms with E-state index in [-0.39, 0.29) is 17.2 Å². The Bertz CT molecular complexity index is 365. The molecule has 1 saturated carbocycles. The lowest BCUT2D eigenvalue weighted by Gasteiger charge is -2.40. The molecule has 5 heteroatoms. The first-order valence-corrected chi connectivity index (χ1v) is 8.88. The van der Waals surface area contributed by atoms with Crippen LogP contribution < -0.4 is 0 Å². The lowest BCUT2D eigenvalue weighted by atomic mass is 9.81. The van der Waals surface area contributed by atoms with Crippen molar-refractivity contribution in [2.24, 2.45) is 5.41 Å². The lowest BCUT2D eigenvalue weighted by Crippen LogP contribution is -2.56. The average Bonchev–Trinajstić information content (AvgIpc) is 2.70. The van der Waals surface area contributed by atoms with Crippen molar-refractivity contribution >= 4 is 27.7 Å². The van der Waals surface area contributed by atoms with Crippen molar-refractivity contribution in [1.82, 2.24) is 9.80 Å². The summed E-state index contributed by atoms with van der Waals surface area (Å²) in [5, 5.41) is 0.926. The molecule has 1 aliphatic carbocycles. The molecule has 2 amide bonds. The Morgan fingerprint density at radius 2 is 1.55 bits per heavy atom. The largest absolute Gasteiger partial charge is 0.333 e. The Morgan fingerprint density at radius 3 is 2.10 bits per heavy atom. The van der Waals surface area contributed by atoms with Crippen LogP contribution in [-0.2, 0) is 9.59 Å². The predicted octanol–water partition coefficient (Wildman–Crippen LogP) is 2.41. The van der Waals surface area contributed by atoms with E-state index in [9.17, 15) is 9.59 Å². The molecule has 0 aromatic carbocycles. The highest BCUT2D eigenvalue weighted by Crippen LogP contribution is 2.37. The van der Waals surface area contributed by atoms with E-state index in [0.717, 1.165) is 24.7 Å². The number of nitrogens with zero attached hydrogens (tertiary/aromatic N) is 2. The van der Waals surface area contributed by atoms with E-state index in [1.54, 1.807) is 9.80 Å². The normalized spacial score (nSPS) is 23.9. The van der Waals surface area contributed by atoms with Crippen molar-refractivity contribution in [3.8, 4) is 0 Å². The summed E-state index contributed by atoms with van der Waals surface area (Å²) in [6, 6.07) is 0. The van der Waals surface area contributed by atoms with E-state index in [4.69, 9.17) is 0 Å². The van der Waals surface area contributed by atoms with Crippen LogP contribution in [0.15, 0.2) is 0 Å². The fourth-order valence-electron chi connectivity index (χ4n) is 3.39. The van der Waals surface area contributed by atoms with E-state index in [1.807, 2.05) is 6.92 Å². The van der Waals surface area contributed by atoms with Gasteiger partial charge in [0.25, 0.3) is 0 Å². The zero-order chi connectivity index (χ0) is 14.6. The molecule has 4 nitrogen and oxygen atoms in total. The Kier molecular flexibility index (Phi) is 5.47. The summed E-state index contributed by atoms with van der Waals surface area (Å²) in [5.41, 5.74) is 0.167. The topological polar surface area (TPSA) is 40.6 Å². The second-order valence-electron chi connectivity index (χ2n) is 6.16. The maximum atomic E-state index is 12.2. The van der Waals surface area contributed by atoms with Crippen LogP contribution in [0.1, 0.15) is 45.4 Å². The van der Waals surface area contributed by atoms with Crippen molar-refractivity contribution in [2.75, 3.05) is 31.5 Å². The van der Waals surface area contributed by atoms with Crippen LogP contribution in [0.4, 0.5) is 0 Å². The lowest BCUT2D eigenvalue weighted by molar-refractivity contribution is -0.156. The molecule has 2 rings (SSSR count). The molecule has 1 saturated heterocycles. The van der Waals surface area contributed by atoms with Gasteiger partial charge in [-0.1, -0.05) is 41.6 Å². The van der Waals surface area contributed by atoms with Gasteiger partial charge < -0.3 is 9.80 Å². The van der Waals surface area contributed by atoms with Gasteiger partial charge >= 0.3 is 11.8 Å². The van der Waals surface area contributed by atoms with Gasteiger partial charge in [-0.3, -0.25) is 9.59 Å². The minimum Gasteiger partial charge on any atom is -0.333 e. The summed E-state index contributed by atoms with van der Waals surface area (Å²) >= 11 is 3.66. The first-order chi connectivity index (χ1) is 9.62. The molecular weight excluding hydrogens is 320 g/mol. The van der Waals surface area contributed by atoms with Gasteiger partial charge in [-0.25, -0.2) is 0 Å². The van der Waals surface area contributed by atoms with Crippen LogP contribution in [0.2, 0.25) is 0 Å². The van der Waals surface area contributed by atoms with E-state index in [2.05, 4.69) is 15.9 Å². The highest BCUT2D eigenvalue weighted by molar-refractivity contribution is 9.09. The molecule has 0 radical (unpaired) electrons. The summed E-state index contributed by atoms with van der Waals surface area (Å²) in [6.07, 6.45) is 7.39. The maximum Gasteiger partial charge on any atom is 0.312 e. The van der Waals surface area contributed by atoms with Crippen molar-refractivity contribution < 1.29 is 9.59 Å². The number of hydrogen-bond acceptors (Lipinski definition) is 2. The second kappa shape index (κ2) is 6.92.